The zero-order chi connectivity index (χ0) is 14.1. The molecule has 0 radical (unpaired) electrons. The summed E-state index contributed by atoms with van der Waals surface area (Å²) in [5.41, 5.74) is 3.25. The minimum Gasteiger partial charge on any atom is -0.390 e. The molecule has 2 N–H and O–H groups in total. The summed E-state index contributed by atoms with van der Waals surface area (Å²) in [4.78, 5) is 16.4. The van der Waals surface area contributed by atoms with Crippen molar-refractivity contribution in [1.29, 1.82) is 0 Å². The highest BCUT2D eigenvalue weighted by Gasteiger charge is 2.32. The molecule has 1 heterocycles. The lowest BCUT2D eigenvalue weighted by molar-refractivity contribution is 0.0853. The van der Waals surface area contributed by atoms with Gasteiger partial charge in [-0.05, 0) is 30.2 Å². The van der Waals surface area contributed by atoms with Crippen LogP contribution in [-0.4, -0.2) is 22.1 Å². The number of benzene rings is 1. The van der Waals surface area contributed by atoms with Gasteiger partial charge < -0.3 is 10.4 Å². The Balaban J connectivity index is 1.83. The largest absolute Gasteiger partial charge is 0.390 e. The van der Waals surface area contributed by atoms with E-state index < -0.39 is 6.10 Å². The standard InChI is InChI=1S/C16H16N2O2/c1-10-5-4-8-13(17-10)16(20)18-15-12-7-3-2-6-11(12)9-14(15)19/h2-8,14-15,19H,9H2,1H3,(H,18,20)/t14-,15+/m0/s1. The first kappa shape index (κ1) is 12.8. The van der Waals surface area contributed by atoms with Gasteiger partial charge in [0.15, 0.2) is 0 Å². The van der Waals surface area contributed by atoms with Crippen LogP contribution in [0, 0.1) is 6.92 Å². The maximum atomic E-state index is 12.2. The Labute approximate surface area is 117 Å². The van der Waals surface area contributed by atoms with Gasteiger partial charge >= 0.3 is 0 Å². The van der Waals surface area contributed by atoms with Crippen LogP contribution in [0.4, 0.5) is 0 Å². The van der Waals surface area contributed by atoms with Crippen molar-refractivity contribution >= 4 is 5.91 Å². The van der Waals surface area contributed by atoms with E-state index >= 15 is 0 Å². The van der Waals surface area contributed by atoms with E-state index in [1.807, 2.05) is 37.3 Å². The Bertz CT molecular complexity index is 654. The minimum atomic E-state index is -0.582. The molecule has 4 nitrogen and oxygen atoms in total. The summed E-state index contributed by atoms with van der Waals surface area (Å²) in [6.07, 6.45) is -0.0105. The molecule has 1 amide bonds. The SMILES string of the molecule is Cc1cccc(C(=O)N[C@@H]2c3ccccc3C[C@@H]2O)n1. The number of amides is 1. The van der Waals surface area contributed by atoms with Gasteiger partial charge in [-0.3, -0.25) is 4.79 Å². The highest BCUT2D eigenvalue weighted by molar-refractivity contribution is 5.92. The normalized spacial score (nSPS) is 20.5. The summed E-state index contributed by atoms with van der Waals surface area (Å²) in [6.45, 7) is 1.84. The molecule has 3 rings (SSSR count). The lowest BCUT2D eigenvalue weighted by atomic mass is 10.1. The maximum absolute atomic E-state index is 12.2. The number of aryl methyl sites for hydroxylation is 1. The Hall–Kier alpha value is -2.20. The van der Waals surface area contributed by atoms with Crippen LogP contribution in [0.1, 0.15) is 33.4 Å². The molecule has 1 aromatic carbocycles. The van der Waals surface area contributed by atoms with Crippen LogP contribution >= 0.6 is 0 Å². The topological polar surface area (TPSA) is 62.2 Å². The Kier molecular flexibility index (Phi) is 3.24. The van der Waals surface area contributed by atoms with Crippen molar-refractivity contribution in [2.75, 3.05) is 0 Å². The molecule has 20 heavy (non-hydrogen) atoms. The number of nitrogens with zero attached hydrogens (tertiary/aromatic N) is 1. The van der Waals surface area contributed by atoms with E-state index in [0.717, 1.165) is 16.8 Å². The van der Waals surface area contributed by atoms with Gasteiger partial charge in [0.25, 0.3) is 5.91 Å². The molecular formula is C16H16N2O2. The van der Waals surface area contributed by atoms with Crippen molar-refractivity contribution in [3.8, 4) is 0 Å². The quantitative estimate of drug-likeness (QED) is 0.872. The second-order valence-corrected chi connectivity index (χ2v) is 5.09. The van der Waals surface area contributed by atoms with Gasteiger partial charge in [0, 0.05) is 12.1 Å². The van der Waals surface area contributed by atoms with Crippen molar-refractivity contribution in [3.05, 3.63) is 65.0 Å². The minimum absolute atomic E-state index is 0.255. The second-order valence-electron chi connectivity index (χ2n) is 5.09. The molecule has 2 atom stereocenters. The third kappa shape index (κ3) is 2.30. The molecule has 1 aliphatic rings. The Morgan fingerprint density at radius 2 is 2.05 bits per heavy atom. The highest BCUT2D eigenvalue weighted by atomic mass is 16.3. The fourth-order valence-corrected chi connectivity index (χ4v) is 2.63. The maximum Gasteiger partial charge on any atom is 0.270 e. The number of carbonyl (C=O) groups is 1. The van der Waals surface area contributed by atoms with Gasteiger partial charge in [-0.15, -0.1) is 0 Å². The number of carbonyl (C=O) groups excluding carboxylic acids is 1. The van der Waals surface area contributed by atoms with Crippen molar-refractivity contribution in [3.63, 3.8) is 0 Å². The summed E-state index contributed by atoms with van der Waals surface area (Å²) < 4.78 is 0. The number of nitrogens with one attached hydrogen (secondary N) is 1. The number of hydrogen-bond acceptors (Lipinski definition) is 3. The summed E-state index contributed by atoms with van der Waals surface area (Å²) in [6, 6.07) is 12.7. The molecule has 0 spiro atoms. The summed E-state index contributed by atoms with van der Waals surface area (Å²) in [5, 5.41) is 13.0. The zero-order valence-corrected chi connectivity index (χ0v) is 11.2. The molecule has 0 saturated heterocycles. The highest BCUT2D eigenvalue weighted by Crippen LogP contribution is 2.31. The average molecular weight is 268 g/mol. The summed E-state index contributed by atoms with van der Waals surface area (Å²) in [5.74, 6) is -0.255. The zero-order valence-electron chi connectivity index (χ0n) is 11.2. The first-order chi connectivity index (χ1) is 9.65. The van der Waals surface area contributed by atoms with Crippen molar-refractivity contribution in [2.45, 2.75) is 25.5 Å². The molecule has 2 aromatic rings. The average Bonchev–Trinajstić information content (AvgIpc) is 2.75. The Morgan fingerprint density at radius 1 is 1.25 bits per heavy atom. The van der Waals surface area contributed by atoms with E-state index in [1.54, 1.807) is 12.1 Å². The molecule has 0 aliphatic heterocycles. The van der Waals surface area contributed by atoms with Crippen LogP contribution in [0.2, 0.25) is 0 Å². The number of hydrogen-bond donors (Lipinski definition) is 2. The van der Waals surface area contributed by atoms with E-state index in [9.17, 15) is 9.90 Å². The van der Waals surface area contributed by atoms with Gasteiger partial charge in [0.2, 0.25) is 0 Å². The predicted octanol–water partition coefficient (Wildman–Crippen LogP) is 1.78. The molecule has 4 heteroatoms. The van der Waals surface area contributed by atoms with E-state index in [1.165, 1.54) is 0 Å². The van der Waals surface area contributed by atoms with Crippen molar-refractivity contribution in [1.82, 2.24) is 10.3 Å². The first-order valence-electron chi connectivity index (χ1n) is 6.65. The van der Waals surface area contributed by atoms with Crippen LogP contribution in [0.5, 0.6) is 0 Å². The van der Waals surface area contributed by atoms with Crippen LogP contribution < -0.4 is 5.32 Å². The fourth-order valence-electron chi connectivity index (χ4n) is 2.63. The number of pyridine rings is 1. The van der Waals surface area contributed by atoms with Gasteiger partial charge in [-0.2, -0.15) is 0 Å². The molecular weight excluding hydrogens is 252 g/mol. The van der Waals surface area contributed by atoms with Crippen LogP contribution in [0.25, 0.3) is 0 Å². The van der Waals surface area contributed by atoms with Gasteiger partial charge in [0.1, 0.15) is 5.69 Å². The molecule has 1 aromatic heterocycles. The smallest absolute Gasteiger partial charge is 0.270 e. The fraction of sp³-hybridized carbons (Fsp3) is 0.250. The van der Waals surface area contributed by atoms with Gasteiger partial charge in [0.05, 0.1) is 12.1 Å². The van der Waals surface area contributed by atoms with Crippen molar-refractivity contribution in [2.24, 2.45) is 0 Å². The second kappa shape index (κ2) is 5.06. The van der Waals surface area contributed by atoms with E-state index in [0.29, 0.717) is 12.1 Å². The molecule has 0 saturated carbocycles. The monoisotopic (exact) mass is 268 g/mol. The van der Waals surface area contributed by atoms with E-state index in [-0.39, 0.29) is 11.9 Å². The number of aromatic nitrogens is 1. The van der Waals surface area contributed by atoms with Gasteiger partial charge in [-0.1, -0.05) is 30.3 Å². The number of aliphatic hydroxyl groups excluding tert-OH is 1. The summed E-state index contributed by atoms with van der Waals surface area (Å²) in [7, 11) is 0. The lowest BCUT2D eigenvalue weighted by Crippen LogP contribution is -2.34. The summed E-state index contributed by atoms with van der Waals surface area (Å²) >= 11 is 0. The molecule has 102 valence electrons. The molecule has 0 bridgehead atoms. The van der Waals surface area contributed by atoms with Crippen LogP contribution in [0.3, 0.4) is 0 Å². The van der Waals surface area contributed by atoms with Crippen molar-refractivity contribution < 1.29 is 9.90 Å². The number of rotatable bonds is 2. The Morgan fingerprint density at radius 3 is 2.85 bits per heavy atom. The van der Waals surface area contributed by atoms with E-state index in [2.05, 4.69) is 10.3 Å². The number of fused-ring (bicyclic) bond motifs is 1. The molecule has 0 unspecified atom stereocenters. The molecule has 0 fully saturated rings. The predicted molar refractivity (Wildman–Crippen MR) is 75.3 cm³/mol. The first-order valence-corrected chi connectivity index (χ1v) is 6.65. The lowest BCUT2D eigenvalue weighted by Gasteiger charge is -2.17. The van der Waals surface area contributed by atoms with E-state index in [4.69, 9.17) is 0 Å². The molecule has 1 aliphatic carbocycles. The van der Waals surface area contributed by atoms with Crippen LogP contribution in [0.15, 0.2) is 42.5 Å². The number of aliphatic hydroxyl groups is 1. The van der Waals surface area contributed by atoms with Gasteiger partial charge in [-0.25, -0.2) is 4.98 Å². The third-order valence-corrected chi connectivity index (χ3v) is 3.61. The van der Waals surface area contributed by atoms with Crippen LogP contribution in [-0.2, 0) is 6.42 Å². The third-order valence-electron chi connectivity index (χ3n) is 3.61.